The minimum absolute atomic E-state index is 0. The Morgan fingerprint density at radius 2 is 0.933 bits per heavy atom. The molecule has 1 nitrogen and oxygen atoms in total. The Morgan fingerprint density at radius 1 is 0.600 bits per heavy atom. The van der Waals surface area contributed by atoms with Gasteiger partial charge in [0.2, 0.25) is 0 Å². The summed E-state index contributed by atoms with van der Waals surface area (Å²) in [5, 5.41) is 8.59. The largest absolute Gasteiger partial charge is 4.00 e. The van der Waals surface area contributed by atoms with Crippen LogP contribution in [0.15, 0.2) is 0 Å². The molecule has 0 radical (unpaired) electrons. The van der Waals surface area contributed by atoms with Crippen LogP contribution >= 0.6 is 0 Å². The van der Waals surface area contributed by atoms with Crippen LogP contribution in [0.1, 0.15) is 77.6 Å². The summed E-state index contributed by atoms with van der Waals surface area (Å²) < 4.78 is 0. The first-order valence-electron chi connectivity index (χ1n) is 6.52. The second-order valence-corrected chi connectivity index (χ2v) is 4.26. The fourth-order valence-electron chi connectivity index (χ4n) is 1.78. The zero-order valence-corrected chi connectivity index (χ0v) is 12.0. The fraction of sp³-hybridized carbons (Fsp3) is 1.00. The van der Waals surface area contributed by atoms with Crippen molar-refractivity contribution in [2.45, 2.75) is 77.6 Å². The van der Waals surface area contributed by atoms with Crippen molar-refractivity contribution in [3.8, 4) is 0 Å². The molecule has 0 amide bonds. The van der Waals surface area contributed by atoms with E-state index in [1.165, 1.54) is 64.2 Å². The van der Waals surface area contributed by atoms with Crippen LogP contribution in [0.25, 0.3) is 0 Å². The molecule has 0 heterocycles. The van der Waals surface area contributed by atoms with Gasteiger partial charge in [0.15, 0.2) is 0 Å². The van der Waals surface area contributed by atoms with E-state index >= 15 is 0 Å². The first-order valence-corrected chi connectivity index (χ1v) is 6.52. The molecule has 0 aromatic carbocycles. The summed E-state index contributed by atoms with van der Waals surface area (Å²) in [7, 11) is 0. The Kier molecular flexibility index (Phi) is 20.6. The standard InChI is InChI=1S/C13H28O.Ti/c1-2-3-4-5-6-7-8-9-10-11-12-13-14;/h14H,2-13H2,1H3;/q;+4. The van der Waals surface area contributed by atoms with Gasteiger partial charge in [-0.2, -0.15) is 0 Å². The Labute approximate surface area is 111 Å². The minimum Gasteiger partial charge on any atom is -0.396 e. The van der Waals surface area contributed by atoms with Gasteiger partial charge in [-0.05, 0) is 6.42 Å². The van der Waals surface area contributed by atoms with Crippen molar-refractivity contribution in [2.75, 3.05) is 6.61 Å². The molecule has 0 spiro atoms. The number of aliphatic hydroxyl groups excluding tert-OH is 1. The molecule has 0 aliphatic heterocycles. The molecule has 15 heavy (non-hydrogen) atoms. The molecule has 0 saturated carbocycles. The second kappa shape index (κ2) is 17.1. The van der Waals surface area contributed by atoms with E-state index in [0.717, 1.165) is 6.42 Å². The van der Waals surface area contributed by atoms with E-state index in [4.69, 9.17) is 5.11 Å². The fourth-order valence-corrected chi connectivity index (χ4v) is 1.78. The third-order valence-electron chi connectivity index (χ3n) is 2.76. The predicted octanol–water partition coefficient (Wildman–Crippen LogP) is 4.29. The average Bonchev–Trinajstić information content (AvgIpc) is 2.21. The number of hydrogen-bond donors (Lipinski definition) is 1. The van der Waals surface area contributed by atoms with Gasteiger partial charge >= 0.3 is 21.7 Å². The molecule has 0 atom stereocenters. The number of aliphatic hydroxyl groups is 1. The van der Waals surface area contributed by atoms with Gasteiger partial charge in [0.1, 0.15) is 0 Å². The zero-order valence-electron chi connectivity index (χ0n) is 10.4. The van der Waals surface area contributed by atoms with Crippen LogP contribution in [0, 0.1) is 0 Å². The van der Waals surface area contributed by atoms with Gasteiger partial charge in [0.25, 0.3) is 0 Å². The van der Waals surface area contributed by atoms with Crippen LogP contribution in [0.4, 0.5) is 0 Å². The Hall–Kier alpha value is 0.674. The van der Waals surface area contributed by atoms with Crippen LogP contribution in [0.2, 0.25) is 0 Å². The monoisotopic (exact) mass is 248 g/mol. The van der Waals surface area contributed by atoms with Gasteiger partial charge in [-0.3, -0.25) is 0 Å². The van der Waals surface area contributed by atoms with Gasteiger partial charge in [-0.25, -0.2) is 0 Å². The van der Waals surface area contributed by atoms with Crippen molar-refractivity contribution in [1.29, 1.82) is 0 Å². The number of hydrogen-bond acceptors (Lipinski definition) is 1. The molecule has 0 saturated heterocycles. The topological polar surface area (TPSA) is 20.2 Å². The van der Waals surface area contributed by atoms with Crippen LogP contribution in [-0.2, 0) is 21.7 Å². The first kappa shape index (κ1) is 18.1. The quantitative estimate of drug-likeness (QED) is 0.427. The molecule has 2 heteroatoms. The van der Waals surface area contributed by atoms with Crippen molar-refractivity contribution >= 4 is 0 Å². The SMILES string of the molecule is CCCCCCCCCCCCCO.[Ti+4]. The van der Waals surface area contributed by atoms with E-state index in [0.29, 0.717) is 6.61 Å². The minimum atomic E-state index is 0. The molecule has 0 unspecified atom stereocenters. The Bertz CT molecular complexity index is 84.5. The first-order chi connectivity index (χ1) is 6.91. The summed E-state index contributed by atoms with van der Waals surface area (Å²) in [4.78, 5) is 0. The average molecular weight is 248 g/mol. The van der Waals surface area contributed by atoms with Crippen LogP contribution in [0.3, 0.4) is 0 Å². The second-order valence-electron chi connectivity index (χ2n) is 4.26. The zero-order chi connectivity index (χ0) is 10.5. The third-order valence-corrected chi connectivity index (χ3v) is 2.76. The molecule has 0 aromatic heterocycles. The van der Waals surface area contributed by atoms with Crippen molar-refractivity contribution in [1.82, 2.24) is 0 Å². The maximum atomic E-state index is 8.59. The maximum Gasteiger partial charge on any atom is 4.00 e. The molecule has 0 bridgehead atoms. The van der Waals surface area contributed by atoms with Gasteiger partial charge in [-0.15, -0.1) is 0 Å². The summed E-state index contributed by atoms with van der Waals surface area (Å²) in [6.07, 6.45) is 14.8. The number of rotatable bonds is 11. The summed E-state index contributed by atoms with van der Waals surface area (Å²) in [5.41, 5.74) is 0. The third kappa shape index (κ3) is 17.3. The normalized spacial score (nSPS) is 10.0. The maximum absolute atomic E-state index is 8.59. The molecule has 86 valence electrons. The van der Waals surface area contributed by atoms with Gasteiger partial charge < -0.3 is 5.11 Å². The predicted molar refractivity (Wildman–Crippen MR) is 63.5 cm³/mol. The van der Waals surface area contributed by atoms with Gasteiger partial charge in [-0.1, -0.05) is 71.1 Å². The molecule has 0 aliphatic carbocycles. The molecular weight excluding hydrogens is 220 g/mol. The number of unbranched alkanes of at least 4 members (excludes halogenated alkanes) is 10. The van der Waals surface area contributed by atoms with Crippen molar-refractivity contribution in [3.63, 3.8) is 0 Å². The summed E-state index contributed by atoms with van der Waals surface area (Å²) >= 11 is 0. The van der Waals surface area contributed by atoms with Crippen molar-refractivity contribution in [2.24, 2.45) is 0 Å². The van der Waals surface area contributed by atoms with Gasteiger partial charge in [0, 0.05) is 6.61 Å². The Balaban J connectivity index is 0. The molecule has 0 fully saturated rings. The molecule has 0 rings (SSSR count). The molecular formula is C13H28OTi+4. The molecule has 0 aromatic rings. The van der Waals surface area contributed by atoms with E-state index in [1.54, 1.807) is 0 Å². The molecule has 1 N–H and O–H groups in total. The summed E-state index contributed by atoms with van der Waals surface area (Å²) in [6, 6.07) is 0. The molecule has 0 aliphatic rings. The summed E-state index contributed by atoms with van der Waals surface area (Å²) in [6.45, 7) is 2.64. The van der Waals surface area contributed by atoms with E-state index in [-0.39, 0.29) is 21.7 Å². The van der Waals surface area contributed by atoms with Crippen molar-refractivity contribution in [3.05, 3.63) is 0 Å². The smallest absolute Gasteiger partial charge is 0.396 e. The van der Waals surface area contributed by atoms with Gasteiger partial charge in [0.05, 0.1) is 0 Å². The van der Waals surface area contributed by atoms with E-state index < -0.39 is 0 Å². The van der Waals surface area contributed by atoms with E-state index in [9.17, 15) is 0 Å². The van der Waals surface area contributed by atoms with E-state index in [2.05, 4.69) is 6.92 Å². The van der Waals surface area contributed by atoms with E-state index in [1.807, 2.05) is 0 Å². The van der Waals surface area contributed by atoms with Crippen LogP contribution in [0.5, 0.6) is 0 Å². The van der Waals surface area contributed by atoms with Crippen LogP contribution in [-0.4, -0.2) is 11.7 Å². The Morgan fingerprint density at radius 3 is 1.27 bits per heavy atom. The van der Waals surface area contributed by atoms with Crippen LogP contribution < -0.4 is 0 Å². The van der Waals surface area contributed by atoms with Crippen molar-refractivity contribution < 1.29 is 26.8 Å². The summed E-state index contributed by atoms with van der Waals surface area (Å²) in [5.74, 6) is 0.